The first kappa shape index (κ1) is 12.8. The molecular weight excluding hydrogens is 248 g/mol. The second-order valence-corrected chi connectivity index (χ2v) is 3.91. The van der Waals surface area contributed by atoms with Gasteiger partial charge in [0, 0.05) is 6.20 Å². The molecule has 1 aromatic rings. The molecule has 0 saturated carbocycles. The first-order valence-corrected chi connectivity index (χ1v) is 5.12. The number of ether oxygens (including phenoxy) is 1. The fourth-order valence-corrected chi connectivity index (χ4v) is 1.82. The van der Waals surface area contributed by atoms with Gasteiger partial charge in [-0.1, -0.05) is 0 Å². The first-order valence-electron chi connectivity index (χ1n) is 5.12. The molecular formula is C9H12N2O7. The molecule has 1 saturated heterocycles. The van der Waals surface area contributed by atoms with Gasteiger partial charge >= 0.3 is 11.7 Å². The van der Waals surface area contributed by atoms with Gasteiger partial charge in [-0.3, -0.25) is 9.55 Å². The Bertz CT molecular complexity index is 507. The summed E-state index contributed by atoms with van der Waals surface area (Å²) in [6.45, 7) is -0.528. The quantitative estimate of drug-likeness (QED) is 0.403. The second kappa shape index (κ2) is 4.53. The maximum Gasteiger partial charge on any atom is 0.353 e. The van der Waals surface area contributed by atoms with Crippen LogP contribution < -0.4 is 5.69 Å². The van der Waals surface area contributed by atoms with Gasteiger partial charge in [0.2, 0.25) is 0 Å². The minimum atomic E-state index is -1.43. The van der Waals surface area contributed by atoms with Crippen LogP contribution in [0, 0.1) is 0 Å². The van der Waals surface area contributed by atoms with Gasteiger partial charge in [0.05, 0.1) is 6.61 Å². The maximum atomic E-state index is 11.5. The number of aromatic carboxylic acids is 1. The predicted octanol–water partition coefficient (Wildman–Crippen LogP) is -2.51. The van der Waals surface area contributed by atoms with Crippen molar-refractivity contribution in [2.24, 2.45) is 0 Å². The van der Waals surface area contributed by atoms with Crippen LogP contribution in [0.1, 0.15) is 16.7 Å². The number of aliphatic hydroxyl groups is 3. The number of nitrogens with one attached hydrogen (secondary N) is 1. The number of carboxylic acid groups (broad SMARTS) is 1. The number of aromatic nitrogens is 2. The molecule has 0 radical (unpaired) electrons. The van der Waals surface area contributed by atoms with E-state index >= 15 is 0 Å². The summed E-state index contributed by atoms with van der Waals surface area (Å²) in [4.78, 5) is 24.2. The Morgan fingerprint density at radius 3 is 2.56 bits per heavy atom. The summed E-state index contributed by atoms with van der Waals surface area (Å²) >= 11 is 0. The van der Waals surface area contributed by atoms with Crippen LogP contribution >= 0.6 is 0 Å². The molecule has 0 aliphatic carbocycles. The SMILES string of the molecule is O=C(O)c1cn([C@@H]2O[C@H](CO)[C@@H](O)[C@H]2O)c(=O)[nH]1. The van der Waals surface area contributed by atoms with Crippen LogP contribution in [0.2, 0.25) is 0 Å². The number of hydrogen-bond donors (Lipinski definition) is 5. The van der Waals surface area contributed by atoms with E-state index in [0.717, 1.165) is 10.8 Å². The van der Waals surface area contributed by atoms with E-state index in [4.69, 9.17) is 14.9 Å². The number of aliphatic hydroxyl groups excluding tert-OH is 3. The van der Waals surface area contributed by atoms with Crippen LogP contribution in [0.5, 0.6) is 0 Å². The van der Waals surface area contributed by atoms with E-state index in [1.165, 1.54) is 0 Å². The van der Waals surface area contributed by atoms with Crippen LogP contribution in [0.4, 0.5) is 0 Å². The molecule has 0 unspecified atom stereocenters. The van der Waals surface area contributed by atoms with Crippen LogP contribution in [-0.4, -0.2) is 60.9 Å². The lowest BCUT2D eigenvalue weighted by Crippen LogP contribution is -2.34. The number of H-pyrrole nitrogens is 1. The molecule has 1 aliphatic rings. The van der Waals surface area contributed by atoms with E-state index < -0.39 is 42.8 Å². The smallest absolute Gasteiger partial charge is 0.353 e. The normalized spacial score (nSPS) is 31.7. The molecule has 5 N–H and O–H groups in total. The van der Waals surface area contributed by atoms with Crippen LogP contribution in [-0.2, 0) is 4.74 Å². The Labute approximate surface area is 99.9 Å². The van der Waals surface area contributed by atoms with Crippen molar-refractivity contribution in [1.29, 1.82) is 0 Å². The summed E-state index contributed by atoms with van der Waals surface area (Å²) in [5, 5.41) is 36.8. The van der Waals surface area contributed by atoms with E-state index in [9.17, 15) is 19.8 Å². The van der Waals surface area contributed by atoms with Gasteiger partial charge in [-0.25, -0.2) is 9.59 Å². The monoisotopic (exact) mass is 260 g/mol. The highest BCUT2D eigenvalue weighted by atomic mass is 16.6. The molecule has 0 aromatic carbocycles. The molecule has 18 heavy (non-hydrogen) atoms. The zero-order valence-corrected chi connectivity index (χ0v) is 9.05. The van der Waals surface area contributed by atoms with Crippen molar-refractivity contribution >= 4 is 5.97 Å². The van der Waals surface area contributed by atoms with E-state index in [0.29, 0.717) is 0 Å². The number of rotatable bonds is 3. The summed E-state index contributed by atoms with van der Waals surface area (Å²) in [7, 11) is 0. The number of hydrogen-bond acceptors (Lipinski definition) is 6. The van der Waals surface area contributed by atoms with Gasteiger partial charge in [-0.2, -0.15) is 0 Å². The van der Waals surface area contributed by atoms with Gasteiger partial charge in [-0.05, 0) is 0 Å². The van der Waals surface area contributed by atoms with Crippen molar-refractivity contribution in [3.8, 4) is 0 Å². The van der Waals surface area contributed by atoms with Gasteiger partial charge in [0.1, 0.15) is 24.0 Å². The van der Waals surface area contributed by atoms with Gasteiger partial charge in [-0.15, -0.1) is 0 Å². The molecule has 1 aliphatic heterocycles. The summed E-state index contributed by atoms with van der Waals surface area (Å²) in [5.74, 6) is -1.34. The third-order valence-corrected chi connectivity index (χ3v) is 2.77. The standard InChI is InChI=1S/C9H12N2O7/c12-2-4-5(13)6(14)7(18-4)11-1-3(8(15)16)10-9(11)17/h1,4-7,12-14H,2H2,(H,10,17)(H,15,16)/t4-,5-,6-,7-/m1/s1. The molecule has 100 valence electrons. The second-order valence-electron chi connectivity index (χ2n) is 3.91. The molecule has 0 bridgehead atoms. The molecule has 0 amide bonds. The number of carbonyl (C=O) groups is 1. The Morgan fingerprint density at radius 1 is 1.44 bits per heavy atom. The van der Waals surface area contributed by atoms with Crippen molar-refractivity contribution < 1.29 is 30.0 Å². The van der Waals surface area contributed by atoms with E-state index in [2.05, 4.69) is 4.98 Å². The van der Waals surface area contributed by atoms with E-state index in [1.807, 2.05) is 0 Å². The number of aromatic amines is 1. The third kappa shape index (κ3) is 1.93. The molecule has 9 nitrogen and oxygen atoms in total. The lowest BCUT2D eigenvalue weighted by molar-refractivity contribution is -0.0542. The largest absolute Gasteiger partial charge is 0.477 e. The fourth-order valence-electron chi connectivity index (χ4n) is 1.82. The van der Waals surface area contributed by atoms with Crippen molar-refractivity contribution in [3.63, 3.8) is 0 Å². The van der Waals surface area contributed by atoms with Crippen molar-refractivity contribution in [2.45, 2.75) is 24.5 Å². The molecule has 2 heterocycles. The molecule has 2 rings (SSSR count). The molecule has 9 heteroatoms. The van der Waals surface area contributed by atoms with Gasteiger partial charge in [0.25, 0.3) is 0 Å². The lowest BCUT2D eigenvalue weighted by Gasteiger charge is -2.14. The molecule has 1 aromatic heterocycles. The topological polar surface area (TPSA) is 145 Å². The fraction of sp³-hybridized carbons (Fsp3) is 0.556. The lowest BCUT2D eigenvalue weighted by atomic mass is 10.1. The minimum absolute atomic E-state index is 0.363. The highest BCUT2D eigenvalue weighted by Crippen LogP contribution is 2.28. The zero-order valence-electron chi connectivity index (χ0n) is 9.05. The number of carboxylic acids is 1. The third-order valence-electron chi connectivity index (χ3n) is 2.77. The van der Waals surface area contributed by atoms with Crippen molar-refractivity contribution in [1.82, 2.24) is 9.55 Å². The van der Waals surface area contributed by atoms with Gasteiger partial charge in [0.15, 0.2) is 6.23 Å². The summed E-state index contributed by atoms with van der Waals surface area (Å²) in [6, 6.07) is 0. The van der Waals surface area contributed by atoms with Crippen molar-refractivity contribution in [3.05, 3.63) is 22.4 Å². The number of imidazole rings is 1. The average molecular weight is 260 g/mol. The van der Waals surface area contributed by atoms with Crippen LogP contribution in [0.15, 0.2) is 11.0 Å². The average Bonchev–Trinajstić information content (AvgIpc) is 2.83. The maximum absolute atomic E-state index is 11.5. The van der Waals surface area contributed by atoms with E-state index in [-0.39, 0.29) is 5.69 Å². The molecule has 4 atom stereocenters. The van der Waals surface area contributed by atoms with Gasteiger partial charge < -0.3 is 25.2 Å². The number of nitrogens with zero attached hydrogens (tertiary/aromatic N) is 1. The molecule has 0 spiro atoms. The summed E-state index contributed by atoms with van der Waals surface area (Å²) in [5.41, 5.74) is -1.15. The van der Waals surface area contributed by atoms with Crippen LogP contribution in [0.25, 0.3) is 0 Å². The summed E-state index contributed by atoms with van der Waals surface area (Å²) < 4.78 is 5.92. The highest BCUT2D eigenvalue weighted by Gasteiger charge is 2.44. The Hall–Kier alpha value is -1.68. The first-order chi connectivity index (χ1) is 8.45. The minimum Gasteiger partial charge on any atom is -0.477 e. The van der Waals surface area contributed by atoms with Crippen LogP contribution in [0.3, 0.4) is 0 Å². The Kier molecular flexibility index (Phi) is 3.22. The zero-order chi connectivity index (χ0) is 13.4. The molecule has 1 fully saturated rings. The summed E-state index contributed by atoms with van der Waals surface area (Å²) in [6.07, 6.45) is -4.09. The predicted molar refractivity (Wildman–Crippen MR) is 55.0 cm³/mol. The van der Waals surface area contributed by atoms with E-state index in [1.54, 1.807) is 0 Å². The highest BCUT2D eigenvalue weighted by molar-refractivity contribution is 5.84. The Balaban J connectivity index is 2.32. The Morgan fingerprint density at radius 2 is 2.11 bits per heavy atom. The van der Waals surface area contributed by atoms with Crippen molar-refractivity contribution in [2.75, 3.05) is 6.61 Å².